The minimum Gasteiger partial charge on any atom is -0.493 e. The quantitative estimate of drug-likeness (QED) is 0.0813. The molecular formula is C43H48N8O7. The lowest BCUT2D eigenvalue weighted by molar-refractivity contribution is -0.384. The molecule has 0 unspecified atom stereocenters. The number of nitro groups is 1. The predicted octanol–water partition coefficient (Wildman–Crippen LogP) is 4.96. The Labute approximate surface area is 337 Å². The number of morpholine rings is 1. The zero-order chi connectivity index (χ0) is 40.3. The molecule has 0 bridgehead atoms. The van der Waals surface area contributed by atoms with E-state index in [0.717, 1.165) is 73.3 Å². The van der Waals surface area contributed by atoms with E-state index in [1.165, 1.54) is 12.1 Å². The third-order valence-corrected chi connectivity index (χ3v) is 10.6. The van der Waals surface area contributed by atoms with Crippen molar-refractivity contribution >= 4 is 34.1 Å². The number of methoxy groups -OCH3 is 1. The number of piperazine rings is 1. The van der Waals surface area contributed by atoms with Crippen LogP contribution in [0.25, 0.3) is 10.8 Å². The molecule has 3 aromatic carbocycles. The Morgan fingerprint density at radius 2 is 1.57 bits per heavy atom. The number of rotatable bonds is 16. The van der Waals surface area contributed by atoms with Crippen LogP contribution in [0.3, 0.4) is 0 Å². The van der Waals surface area contributed by atoms with Gasteiger partial charge in [0.2, 0.25) is 0 Å². The Morgan fingerprint density at radius 1 is 0.845 bits per heavy atom. The van der Waals surface area contributed by atoms with E-state index in [0.29, 0.717) is 80.6 Å². The maximum Gasteiger partial charge on any atom is 0.269 e. The molecule has 2 aliphatic heterocycles. The monoisotopic (exact) mass is 788 g/mol. The number of hydrogen-bond donors (Lipinski definition) is 1. The van der Waals surface area contributed by atoms with E-state index >= 15 is 0 Å². The molecule has 302 valence electrons. The molecule has 2 saturated heterocycles. The molecule has 7 rings (SSSR count). The number of unbranched alkanes of at least 4 members (excludes halogenated alkanes) is 1. The van der Waals surface area contributed by atoms with Crippen LogP contribution < -0.4 is 19.7 Å². The Balaban J connectivity index is 1.03. The van der Waals surface area contributed by atoms with Crippen LogP contribution in [-0.4, -0.2) is 121 Å². The van der Waals surface area contributed by atoms with Crippen LogP contribution in [0.2, 0.25) is 0 Å². The lowest BCUT2D eigenvalue weighted by Gasteiger charge is -2.36. The van der Waals surface area contributed by atoms with Crippen molar-refractivity contribution in [2.24, 2.45) is 0 Å². The second-order valence-electron chi connectivity index (χ2n) is 14.3. The fraction of sp³-hybridized carbons (Fsp3) is 0.372. The largest absolute Gasteiger partial charge is 0.493 e. The van der Waals surface area contributed by atoms with Crippen molar-refractivity contribution in [1.82, 2.24) is 30.3 Å². The number of pyridine rings is 1. The molecule has 15 heteroatoms. The van der Waals surface area contributed by atoms with Crippen molar-refractivity contribution in [2.45, 2.75) is 25.7 Å². The summed E-state index contributed by atoms with van der Waals surface area (Å²) in [6.07, 6.45) is 6.49. The normalized spacial score (nSPS) is 14.6. The fourth-order valence-corrected chi connectivity index (χ4v) is 7.33. The highest BCUT2D eigenvalue weighted by molar-refractivity contribution is 6.07. The number of hydrogen-bond acceptors (Lipinski definition) is 12. The first-order chi connectivity index (χ1) is 28.4. The van der Waals surface area contributed by atoms with Gasteiger partial charge in [0.25, 0.3) is 17.5 Å². The van der Waals surface area contributed by atoms with Crippen LogP contribution in [0.1, 0.15) is 50.4 Å². The number of ether oxygens (including phenoxy) is 3. The number of benzene rings is 3. The lowest BCUT2D eigenvalue weighted by Crippen LogP contribution is -2.49. The number of nitro benzene ring substituents is 1. The average Bonchev–Trinajstić information content (AvgIpc) is 3.27. The Morgan fingerprint density at radius 3 is 2.29 bits per heavy atom. The molecule has 15 nitrogen and oxygen atoms in total. The van der Waals surface area contributed by atoms with Crippen LogP contribution in [-0.2, 0) is 17.6 Å². The molecule has 2 amide bonds. The number of nitrogens with one attached hydrogen (secondary N) is 1. The van der Waals surface area contributed by atoms with Gasteiger partial charge in [-0.05, 0) is 73.3 Å². The van der Waals surface area contributed by atoms with Crippen LogP contribution in [0.5, 0.6) is 11.5 Å². The van der Waals surface area contributed by atoms with Gasteiger partial charge in [0.1, 0.15) is 0 Å². The minimum absolute atomic E-state index is 0.0123. The molecule has 1 N–H and O–H groups in total. The molecule has 0 aliphatic carbocycles. The molecule has 4 heterocycles. The molecule has 5 aromatic rings. The number of carbonyl (C=O) groups excluding carboxylic acids is 2. The van der Waals surface area contributed by atoms with Gasteiger partial charge >= 0.3 is 0 Å². The van der Waals surface area contributed by atoms with Crippen LogP contribution >= 0.6 is 0 Å². The van der Waals surface area contributed by atoms with E-state index in [4.69, 9.17) is 24.4 Å². The Kier molecular flexibility index (Phi) is 13.3. The van der Waals surface area contributed by atoms with Crippen molar-refractivity contribution in [3.8, 4) is 11.5 Å². The number of amides is 2. The van der Waals surface area contributed by atoms with Gasteiger partial charge in [0, 0.05) is 87.5 Å². The smallest absolute Gasteiger partial charge is 0.269 e. The van der Waals surface area contributed by atoms with Gasteiger partial charge in [-0.15, -0.1) is 5.10 Å². The molecule has 0 saturated carbocycles. The van der Waals surface area contributed by atoms with Gasteiger partial charge < -0.3 is 29.3 Å². The first kappa shape index (κ1) is 40.0. The molecule has 58 heavy (non-hydrogen) atoms. The van der Waals surface area contributed by atoms with Crippen molar-refractivity contribution in [3.63, 3.8) is 0 Å². The maximum absolute atomic E-state index is 13.9. The van der Waals surface area contributed by atoms with Crippen molar-refractivity contribution in [3.05, 3.63) is 123 Å². The number of anilines is 1. The standard InChI is InChI=1S/C43H48N8O7/c1-56-39-29-36-37(30-40(39)58-25-5-4-18-48-23-26-57-27-24-48)41(47-46-38(36)28-32-12-15-44-16-13-32)49-19-21-50(22-20-49)43(53)35-7-3-2-6-34(35)42(52)45-17-14-31-8-10-33(11-9-31)51(54)55/h2-3,6-13,15-16,29-30H,4-5,14,17-28H2,1H3,(H,45,52). The molecule has 2 aliphatic rings. The van der Waals surface area contributed by atoms with Gasteiger partial charge in [-0.25, -0.2) is 0 Å². The Bertz CT molecular complexity index is 2190. The summed E-state index contributed by atoms with van der Waals surface area (Å²) in [7, 11) is 1.64. The summed E-state index contributed by atoms with van der Waals surface area (Å²) >= 11 is 0. The summed E-state index contributed by atoms with van der Waals surface area (Å²) < 4.78 is 17.7. The lowest BCUT2D eigenvalue weighted by atomic mass is 10.0. The number of fused-ring (bicyclic) bond motifs is 1. The summed E-state index contributed by atoms with van der Waals surface area (Å²) in [5.74, 6) is 1.39. The number of non-ortho nitro benzene ring substituents is 1. The van der Waals surface area contributed by atoms with Crippen molar-refractivity contribution in [1.29, 1.82) is 0 Å². The van der Waals surface area contributed by atoms with Crippen LogP contribution in [0.4, 0.5) is 11.5 Å². The molecule has 0 atom stereocenters. The molecule has 2 aromatic heterocycles. The highest BCUT2D eigenvalue weighted by Gasteiger charge is 2.28. The summed E-state index contributed by atoms with van der Waals surface area (Å²) in [6, 6.07) is 21.0. The minimum atomic E-state index is -0.447. The maximum atomic E-state index is 13.9. The third kappa shape index (κ3) is 9.84. The van der Waals surface area contributed by atoms with Gasteiger partial charge in [-0.2, -0.15) is 5.10 Å². The molecule has 0 radical (unpaired) electrons. The first-order valence-electron chi connectivity index (χ1n) is 19.7. The predicted molar refractivity (Wildman–Crippen MR) is 219 cm³/mol. The zero-order valence-electron chi connectivity index (χ0n) is 32.7. The summed E-state index contributed by atoms with van der Waals surface area (Å²) in [5, 5.41) is 25.2. The van der Waals surface area contributed by atoms with Gasteiger partial charge in [0.05, 0.1) is 48.7 Å². The molecular weight excluding hydrogens is 741 g/mol. The fourth-order valence-electron chi connectivity index (χ4n) is 7.33. The van der Waals surface area contributed by atoms with Crippen LogP contribution in [0, 0.1) is 10.1 Å². The van der Waals surface area contributed by atoms with E-state index in [9.17, 15) is 19.7 Å². The summed E-state index contributed by atoms with van der Waals surface area (Å²) in [5.41, 5.74) is 3.35. The zero-order valence-corrected chi connectivity index (χ0v) is 32.7. The van der Waals surface area contributed by atoms with E-state index < -0.39 is 4.92 Å². The summed E-state index contributed by atoms with van der Waals surface area (Å²) in [6.45, 7) is 7.21. The highest BCUT2D eigenvalue weighted by atomic mass is 16.6. The number of aromatic nitrogens is 3. The second-order valence-corrected chi connectivity index (χ2v) is 14.3. The Hall–Kier alpha value is -6.19. The van der Waals surface area contributed by atoms with Crippen molar-refractivity contribution in [2.75, 3.05) is 84.2 Å². The summed E-state index contributed by atoms with van der Waals surface area (Å²) in [4.78, 5) is 48.3. The van der Waals surface area contributed by atoms with Crippen LogP contribution in [0.15, 0.2) is 85.2 Å². The third-order valence-electron chi connectivity index (χ3n) is 10.6. The SMILES string of the molecule is COc1cc2c(Cc3ccncc3)nnc(N3CCN(C(=O)c4ccccc4C(=O)NCCc4ccc([N+](=O)[O-])cc4)CC3)c2cc1OCCCCN1CCOCC1. The van der Waals surface area contributed by atoms with E-state index in [1.54, 1.807) is 60.8 Å². The average molecular weight is 789 g/mol. The highest BCUT2D eigenvalue weighted by Crippen LogP contribution is 2.38. The van der Waals surface area contributed by atoms with Gasteiger partial charge in [0.15, 0.2) is 17.3 Å². The van der Waals surface area contributed by atoms with Gasteiger partial charge in [-0.1, -0.05) is 24.3 Å². The first-order valence-corrected chi connectivity index (χ1v) is 19.7. The molecule has 0 spiro atoms. The number of nitrogens with zero attached hydrogens (tertiary/aromatic N) is 7. The van der Waals surface area contributed by atoms with E-state index in [1.807, 2.05) is 24.3 Å². The van der Waals surface area contributed by atoms with Gasteiger partial charge in [-0.3, -0.25) is 29.6 Å². The van der Waals surface area contributed by atoms with Crippen molar-refractivity contribution < 1.29 is 28.7 Å². The number of carbonyl (C=O) groups is 2. The molecule has 2 fully saturated rings. The van der Waals surface area contributed by atoms with E-state index in [2.05, 4.69) is 20.1 Å². The second kappa shape index (κ2) is 19.3. The topological polar surface area (TPSA) is 165 Å². The van der Waals surface area contributed by atoms with E-state index in [-0.39, 0.29) is 17.5 Å².